The van der Waals surface area contributed by atoms with Gasteiger partial charge in [-0.3, -0.25) is 4.79 Å². The van der Waals surface area contributed by atoms with E-state index in [0.29, 0.717) is 37.4 Å². The molecule has 2 aromatic carbocycles. The van der Waals surface area contributed by atoms with E-state index >= 15 is 0 Å². The SMILES string of the molecule is C/C(=C\C(=O)c1ccc(F)cc1)N1CCN(c2cccc(C(F)(F)F)c2)CC1. The van der Waals surface area contributed by atoms with Gasteiger partial charge in [-0.25, -0.2) is 4.39 Å². The second-order valence-electron chi connectivity index (χ2n) is 6.68. The van der Waals surface area contributed by atoms with E-state index in [2.05, 4.69) is 0 Å². The second kappa shape index (κ2) is 8.04. The highest BCUT2D eigenvalue weighted by Crippen LogP contribution is 2.32. The topological polar surface area (TPSA) is 23.6 Å². The van der Waals surface area contributed by atoms with Crippen molar-refractivity contribution in [2.45, 2.75) is 13.1 Å². The molecule has 2 aromatic rings. The van der Waals surface area contributed by atoms with Gasteiger partial charge in [0.1, 0.15) is 5.82 Å². The van der Waals surface area contributed by atoms with Crippen molar-refractivity contribution in [1.82, 2.24) is 4.90 Å². The number of alkyl halides is 3. The summed E-state index contributed by atoms with van der Waals surface area (Å²) in [6.45, 7) is 4.11. The van der Waals surface area contributed by atoms with Crippen LogP contribution in [0.3, 0.4) is 0 Å². The predicted octanol–water partition coefficient (Wildman–Crippen LogP) is 4.75. The van der Waals surface area contributed by atoms with Gasteiger partial charge in [0.25, 0.3) is 0 Å². The Morgan fingerprint density at radius 1 is 1.00 bits per heavy atom. The van der Waals surface area contributed by atoms with Crippen LogP contribution >= 0.6 is 0 Å². The van der Waals surface area contributed by atoms with Crippen molar-refractivity contribution < 1.29 is 22.4 Å². The molecule has 0 unspecified atom stereocenters. The highest BCUT2D eigenvalue weighted by molar-refractivity contribution is 6.04. The van der Waals surface area contributed by atoms with Gasteiger partial charge in [0.05, 0.1) is 5.56 Å². The third-order valence-corrected chi connectivity index (χ3v) is 4.79. The zero-order valence-corrected chi connectivity index (χ0v) is 15.3. The lowest BCUT2D eigenvalue weighted by molar-refractivity contribution is -0.137. The maximum absolute atomic E-state index is 13.0. The summed E-state index contributed by atoms with van der Waals surface area (Å²) in [6, 6.07) is 10.7. The number of piperazine rings is 1. The van der Waals surface area contributed by atoms with Gasteiger partial charge in [-0.15, -0.1) is 0 Å². The number of anilines is 1. The molecular weight excluding hydrogens is 372 g/mol. The Balaban J connectivity index is 1.63. The number of halogens is 4. The number of carbonyl (C=O) groups is 1. The van der Waals surface area contributed by atoms with Crippen LogP contribution in [0, 0.1) is 5.82 Å². The standard InChI is InChI=1S/C21H20F4N2O/c1-15(13-20(28)16-5-7-18(22)8-6-16)26-9-11-27(12-10-26)19-4-2-3-17(14-19)21(23,24)25/h2-8,13-14H,9-12H2,1H3/b15-13+. The second-order valence-corrected chi connectivity index (χ2v) is 6.68. The molecule has 1 aliphatic rings. The average molecular weight is 392 g/mol. The number of rotatable bonds is 4. The van der Waals surface area contributed by atoms with Crippen LogP contribution in [0.25, 0.3) is 0 Å². The van der Waals surface area contributed by atoms with E-state index < -0.39 is 17.6 Å². The highest BCUT2D eigenvalue weighted by atomic mass is 19.4. The Kier molecular flexibility index (Phi) is 5.72. The minimum atomic E-state index is -4.36. The molecule has 0 aliphatic carbocycles. The summed E-state index contributed by atoms with van der Waals surface area (Å²) in [4.78, 5) is 16.2. The van der Waals surface area contributed by atoms with Gasteiger partial charge >= 0.3 is 6.18 Å². The lowest BCUT2D eigenvalue weighted by Crippen LogP contribution is -2.45. The minimum Gasteiger partial charge on any atom is -0.371 e. The van der Waals surface area contributed by atoms with E-state index in [4.69, 9.17) is 0 Å². The van der Waals surface area contributed by atoms with Gasteiger partial charge < -0.3 is 9.80 Å². The van der Waals surface area contributed by atoms with Gasteiger partial charge in [0.15, 0.2) is 5.78 Å². The summed E-state index contributed by atoms with van der Waals surface area (Å²) in [5.74, 6) is -0.610. The van der Waals surface area contributed by atoms with Crippen molar-refractivity contribution >= 4 is 11.5 Å². The first-order valence-electron chi connectivity index (χ1n) is 8.89. The largest absolute Gasteiger partial charge is 0.416 e. The van der Waals surface area contributed by atoms with Gasteiger partial charge in [-0.1, -0.05) is 6.07 Å². The minimum absolute atomic E-state index is 0.210. The van der Waals surface area contributed by atoms with Crippen LogP contribution in [-0.2, 0) is 6.18 Å². The van der Waals surface area contributed by atoms with Crippen LogP contribution in [-0.4, -0.2) is 36.9 Å². The zero-order chi connectivity index (χ0) is 20.3. The summed E-state index contributed by atoms with van der Waals surface area (Å²) in [7, 11) is 0. The van der Waals surface area contributed by atoms with E-state index in [1.54, 1.807) is 6.07 Å². The monoisotopic (exact) mass is 392 g/mol. The molecule has 0 bridgehead atoms. The van der Waals surface area contributed by atoms with Crippen LogP contribution in [0.2, 0.25) is 0 Å². The Bertz CT molecular complexity index is 867. The summed E-state index contributed by atoms with van der Waals surface area (Å²) >= 11 is 0. The average Bonchev–Trinajstić information content (AvgIpc) is 2.68. The smallest absolute Gasteiger partial charge is 0.371 e. The third kappa shape index (κ3) is 4.71. The molecule has 3 rings (SSSR count). The molecule has 0 amide bonds. The first kappa shape index (κ1) is 19.9. The molecular formula is C21H20F4N2O. The third-order valence-electron chi connectivity index (χ3n) is 4.79. The molecule has 0 N–H and O–H groups in total. The molecule has 0 aromatic heterocycles. The first-order chi connectivity index (χ1) is 13.2. The summed E-state index contributed by atoms with van der Waals surface area (Å²) in [5.41, 5.74) is 1.06. The van der Waals surface area contributed by atoms with Crippen molar-refractivity contribution in [3.8, 4) is 0 Å². The lowest BCUT2D eigenvalue weighted by atomic mass is 10.1. The number of hydrogen-bond acceptors (Lipinski definition) is 3. The van der Waals surface area contributed by atoms with Crippen LogP contribution in [0.1, 0.15) is 22.8 Å². The molecule has 1 aliphatic heterocycles. The number of nitrogens with zero attached hydrogens (tertiary/aromatic N) is 2. The van der Waals surface area contributed by atoms with Gasteiger partial charge in [-0.2, -0.15) is 13.2 Å². The maximum Gasteiger partial charge on any atom is 0.416 e. The molecule has 3 nitrogen and oxygen atoms in total. The normalized spacial score (nSPS) is 15.7. The molecule has 1 heterocycles. The molecule has 28 heavy (non-hydrogen) atoms. The number of hydrogen-bond donors (Lipinski definition) is 0. The summed E-state index contributed by atoms with van der Waals surface area (Å²) in [5, 5.41) is 0. The van der Waals surface area contributed by atoms with E-state index in [9.17, 15) is 22.4 Å². The fraction of sp³-hybridized carbons (Fsp3) is 0.286. The summed E-state index contributed by atoms with van der Waals surface area (Å²) < 4.78 is 51.7. The predicted molar refractivity (Wildman–Crippen MR) is 99.7 cm³/mol. The quantitative estimate of drug-likeness (QED) is 0.426. The molecule has 1 fully saturated rings. The molecule has 1 saturated heterocycles. The Morgan fingerprint density at radius 3 is 2.25 bits per heavy atom. The van der Waals surface area contributed by atoms with E-state index in [-0.39, 0.29) is 5.78 Å². The van der Waals surface area contributed by atoms with E-state index in [1.165, 1.54) is 36.4 Å². The lowest BCUT2D eigenvalue weighted by Gasteiger charge is -2.38. The summed E-state index contributed by atoms with van der Waals surface area (Å²) in [6.07, 6.45) is -2.86. The fourth-order valence-corrected chi connectivity index (χ4v) is 3.17. The van der Waals surface area contributed by atoms with E-state index in [0.717, 1.165) is 17.8 Å². The molecule has 0 spiro atoms. The van der Waals surface area contributed by atoms with Gasteiger partial charge in [0.2, 0.25) is 0 Å². The number of benzene rings is 2. The number of ketones is 1. The van der Waals surface area contributed by atoms with Crippen molar-refractivity contribution in [1.29, 1.82) is 0 Å². The molecule has 0 radical (unpaired) electrons. The van der Waals surface area contributed by atoms with Crippen molar-refractivity contribution in [2.24, 2.45) is 0 Å². The van der Waals surface area contributed by atoms with Crippen LogP contribution in [0.4, 0.5) is 23.2 Å². The van der Waals surface area contributed by atoms with Crippen molar-refractivity contribution in [3.05, 3.63) is 77.2 Å². The van der Waals surface area contributed by atoms with Crippen molar-refractivity contribution in [3.63, 3.8) is 0 Å². The molecule has 7 heteroatoms. The van der Waals surface area contributed by atoms with Crippen LogP contribution in [0.15, 0.2) is 60.3 Å². The van der Waals surface area contributed by atoms with Crippen LogP contribution < -0.4 is 4.90 Å². The molecule has 0 atom stereocenters. The van der Waals surface area contributed by atoms with Crippen LogP contribution in [0.5, 0.6) is 0 Å². The fourth-order valence-electron chi connectivity index (χ4n) is 3.17. The van der Waals surface area contributed by atoms with Gasteiger partial charge in [0, 0.05) is 49.2 Å². The Morgan fingerprint density at radius 2 is 1.64 bits per heavy atom. The first-order valence-corrected chi connectivity index (χ1v) is 8.89. The van der Waals surface area contributed by atoms with Gasteiger partial charge in [-0.05, 0) is 49.4 Å². The molecule has 0 saturated carbocycles. The molecule has 148 valence electrons. The number of allylic oxidation sites excluding steroid dienone is 2. The number of carbonyl (C=O) groups excluding carboxylic acids is 1. The highest BCUT2D eigenvalue weighted by Gasteiger charge is 2.31. The Labute approximate surface area is 160 Å². The van der Waals surface area contributed by atoms with E-state index in [1.807, 2.05) is 16.7 Å². The van der Waals surface area contributed by atoms with Crippen molar-refractivity contribution in [2.75, 3.05) is 31.1 Å². The Hall–Kier alpha value is -2.83. The maximum atomic E-state index is 13.0. The zero-order valence-electron chi connectivity index (χ0n) is 15.3.